The number of rotatable bonds is 3. The van der Waals surface area contributed by atoms with Gasteiger partial charge in [-0.2, -0.15) is 0 Å². The molecule has 0 spiro atoms. The summed E-state index contributed by atoms with van der Waals surface area (Å²) in [6.45, 7) is 0. The minimum atomic E-state index is 0.353. The highest BCUT2D eigenvalue weighted by atomic mass is 16.5. The van der Waals surface area contributed by atoms with Crippen LogP contribution in [0, 0.1) is 0 Å². The van der Waals surface area contributed by atoms with Crippen molar-refractivity contribution in [3.63, 3.8) is 0 Å². The van der Waals surface area contributed by atoms with Crippen LogP contribution in [0.1, 0.15) is 25.7 Å². The Morgan fingerprint density at radius 1 is 1.06 bits per heavy atom. The third-order valence-corrected chi connectivity index (χ3v) is 3.36. The van der Waals surface area contributed by atoms with Crippen LogP contribution in [0.4, 0.5) is 0 Å². The van der Waals surface area contributed by atoms with Gasteiger partial charge in [0.05, 0.1) is 0 Å². The summed E-state index contributed by atoms with van der Waals surface area (Å²) < 4.78 is 6.09. The van der Waals surface area contributed by atoms with Crippen LogP contribution in [-0.2, 0) is 0 Å². The van der Waals surface area contributed by atoms with E-state index in [1.807, 2.05) is 30.3 Å². The van der Waals surface area contributed by atoms with E-state index in [1.54, 1.807) is 0 Å². The van der Waals surface area contributed by atoms with E-state index in [2.05, 4.69) is 19.0 Å². The van der Waals surface area contributed by atoms with Crippen molar-refractivity contribution >= 4 is 0 Å². The zero-order chi connectivity index (χ0) is 11.4. The van der Waals surface area contributed by atoms with Gasteiger partial charge in [-0.25, -0.2) is 0 Å². The minimum absolute atomic E-state index is 0.353. The predicted octanol–water partition coefficient (Wildman–Crippen LogP) is 2.94. The number of benzene rings is 1. The van der Waals surface area contributed by atoms with Gasteiger partial charge in [-0.3, -0.25) is 0 Å². The molecule has 0 unspecified atom stereocenters. The molecule has 0 amide bonds. The summed E-state index contributed by atoms with van der Waals surface area (Å²) in [5, 5.41) is 0. The van der Waals surface area contributed by atoms with Crippen molar-refractivity contribution in [1.82, 2.24) is 4.90 Å². The van der Waals surface area contributed by atoms with Gasteiger partial charge < -0.3 is 9.64 Å². The van der Waals surface area contributed by atoms with Gasteiger partial charge in [0.1, 0.15) is 11.9 Å². The molecular formula is C14H21NO. The van der Waals surface area contributed by atoms with E-state index in [0.29, 0.717) is 12.1 Å². The van der Waals surface area contributed by atoms with Crippen molar-refractivity contribution in [2.24, 2.45) is 0 Å². The van der Waals surface area contributed by atoms with E-state index in [1.165, 1.54) is 25.7 Å². The van der Waals surface area contributed by atoms with Gasteiger partial charge in [0.2, 0.25) is 0 Å². The Labute approximate surface area is 98.2 Å². The number of nitrogens with zero attached hydrogens (tertiary/aromatic N) is 1. The lowest BCUT2D eigenvalue weighted by molar-refractivity contribution is 0.0623. The highest BCUT2D eigenvalue weighted by Crippen LogP contribution is 2.26. The van der Waals surface area contributed by atoms with Crippen LogP contribution in [0.15, 0.2) is 30.3 Å². The number of para-hydroxylation sites is 1. The maximum atomic E-state index is 6.09. The molecule has 1 aromatic carbocycles. The Morgan fingerprint density at radius 3 is 2.44 bits per heavy atom. The second-order valence-corrected chi connectivity index (χ2v) is 4.78. The quantitative estimate of drug-likeness (QED) is 0.775. The molecule has 16 heavy (non-hydrogen) atoms. The van der Waals surface area contributed by atoms with E-state index in [0.717, 1.165) is 5.75 Å². The minimum Gasteiger partial charge on any atom is -0.489 e. The van der Waals surface area contributed by atoms with Gasteiger partial charge in [0.15, 0.2) is 0 Å². The molecule has 0 aromatic heterocycles. The molecule has 88 valence electrons. The Hall–Kier alpha value is -1.02. The summed E-state index contributed by atoms with van der Waals surface area (Å²) in [5.41, 5.74) is 0. The standard InChI is InChI=1S/C14H21NO/c1-15(2)13-10-6-7-11-14(13)16-12-8-4-3-5-9-12/h3-5,8-9,13-14H,6-7,10-11H2,1-2H3/t13-,14-/m1/s1. The van der Waals surface area contributed by atoms with Gasteiger partial charge >= 0.3 is 0 Å². The van der Waals surface area contributed by atoms with Gasteiger partial charge in [-0.15, -0.1) is 0 Å². The summed E-state index contributed by atoms with van der Waals surface area (Å²) >= 11 is 0. The average molecular weight is 219 g/mol. The molecule has 1 aliphatic carbocycles. The molecule has 1 aliphatic rings. The number of likely N-dealkylation sites (N-methyl/N-ethyl adjacent to an activating group) is 1. The Kier molecular flexibility index (Phi) is 3.83. The van der Waals surface area contributed by atoms with Crippen molar-refractivity contribution in [3.05, 3.63) is 30.3 Å². The molecule has 1 aromatic rings. The molecule has 0 bridgehead atoms. The molecule has 1 saturated carbocycles. The zero-order valence-electron chi connectivity index (χ0n) is 10.2. The first-order chi connectivity index (χ1) is 7.77. The van der Waals surface area contributed by atoms with Crippen molar-refractivity contribution < 1.29 is 4.74 Å². The number of hydrogen-bond donors (Lipinski definition) is 0. The highest BCUT2D eigenvalue weighted by Gasteiger charge is 2.28. The summed E-state index contributed by atoms with van der Waals surface area (Å²) in [4.78, 5) is 2.30. The fourth-order valence-corrected chi connectivity index (χ4v) is 2.48. The molecule has 0 aliphatic heterocycles. The van der Waals surface area contributed by atoms with E-state index in [4.69, 9.17) is 4.74 Å². The number of ether oxygens (including phenoxy) is 1. The van der Waals surface area contributed by atoms with E-state index < -0.39 is 0 Å². The van der Waals surface area contributed by atoms with Crippen LogP contribution in [0.3, 0.4) is 0 Å². The molecule has 0 radical (unpaired) electrons. The highest BCUT2D eigenvalue weighted by molar-refractivity contribution is 5.21. The zero-order valence-corrected chi connectivity index (χ0v) is 10.2. The first-order valence-electron chi connectivity index (χ1n) is 6.15. The third-order valence-electron chi connectivity index (χ3n) is 3.36. The van der Waals surface area contributed by atoms with Gasteiger partial charge in [-0.05, 0) is 45.5 Å². The summed E-state index contributed by atoms with van der Waals surface area (Å²) in [5.74, 6) is 1.00. The number of hydrogen-bond acceptors (Lipinski definition) is 2. The smallest absolute Gasteiger partial charge is 0.119 e. The Balaban J connectivity index is 2.01. The normalized spacial score (nSPS) is 25.7. The van der Waals surface area contributed by atoms with Crippen LogP contribution in [0.5, 0.6) is 5.75 Å². The van der Waals surface area contributed by atoms with Crippen molar-refractivity contribution in [2.75, 3.05) is 14.1 Å². The van der Waals surface area contributed by atoms with Crippen molar-refractivity contribution in [3.8, 4) is 5.75 Å². The predicted molar refractivity (Wildman–Crippen MR) is 66.8 cm³/mol. The van der Waals surface area contributed by atoms with Gasteiger partial charge in [-0.1, -0.05) is 24.6 Å². The van der Waals surface area contributed by atoms with Crippen LogP contribution < -0.4 is 4.74 Å². The maximum absolute atomic E-state index is 6.09. The molecule has 2 heteroatoms. The second kappa shape index (κ2) is 5.35. The second-order valence-electron chi connectivity index (χ2n) is 4.78. The van der Waals surface area contributed by atoms with Gasteiger partial charge in [0, 0.05) is 6.04 Å². The molecule has 0 heterocycles. The molecule has 0 saturated heterocycles. The van der Waals surface area contributed by atoms with Crippen LogP contribution in [0.2, 0.25) is 0 Å². The third kappa shape index (κ3) is 2.76. The molecule has 2 nitrogen and oxygen atoms in total. The fourth-order valence-electron chi connectivity index (χ4n) is 2.48. The summed E-state index contributed by atoms with van der Waals surface area (Å²) in [7, 11) is 4.30. The van der Waals surface area contributed by atoms with Crippen LogP contribution in [0.25, 0.3) is 0 Å². The SMILES string of the molecule is CN(C)[C@@H]1CCCC[C@H]1Oc1ccccc1. The molecule has 2 rings (SSSR count). The topological polar surface area (TPSA) is 12.5 Å². The fraction of sp³-hybridized carbons (Fsp3) is 0.571. The monoisotopic (exact) mass is 219 g/mol. The van der Waals surface area contributed by atoms with Crippen LogP contribution >= 0.6 is 0 Å². The van der Waals surface area contributed by atoms with Crippen molar-refractivity contribution in [2.45, 2.75) is 37.8 Å². The lowest BCUT2D eigenvalue weighted by Crippen LogP contribution is -2.44. The Bertz CT molecular complexity index is 310. The maximum Gasteiger partial charge on any atom is 0.119 e. The lowest BCUT2D eigenvalue weighted by Gasteiger charge is -2.36. The largest absolute Gasteiger partial charge is 0.489 e. The summed E-state index contributed by atoms with van der Waals surface area (Å²) in [6, 6.07) is 10.7. The van der Waals surface area contributed by atoms with Crippen LogP contribution in [-0.4, -0.2) is 31.1 Å². The molecular weight excluding hydrogens is 198 g/mol. The van der Waals surface area contributed by atoms with Gasteiger partial charge in [0.25, 0.3) is 0 Å². The lowest BCUT2D eigenvalue weighted by atomic mass is 9.91. The van der Waals surface area contributed by atoms with E-state index in [-0.39, 0.29) is 0 Å². The van der Waals surface area contributed by atoms with E-state index >= 15 is 0 Å². The molecule has 1 fully saturated rings. The van der Waals surface area contributed by atoms with Crippen molar-refractivity contribution in [1.29, 1.82) is 0 Å². The van der Waals surface area contributed by atoms with E-state index in [9.17, 15) is 0 Å². The Morgan fingerprint density at radius 2 is 1.75 bits per heavy atom. The first-order valence-corrected chi connectivity index (χ1v) is 6.15. The summed E-state index contributed by atoms with van der Waals surface area (Å²) in [6.07, 6.45) is 5.41. The average Bonchev–Trinajstić information content (AvgIpc) is 2.31. The first kappa shape index (κ1) is 11.5. The molecule has 2 atom stereocenters. The molecule has 0 N–H and O–H groups in total.